The highest BCUT2D eigenvalue weighted by Gasteiger charge is 2.38. The van der Waals surface area contributed by atoms with Gasteiger partial charge in [0.15, 0.2) is 0 Å². The molecule has 1 aromatic rings. The summed E-state index contributed by atoms with van der Waals surface area (Å²) in [5.41, 5.74) is 6.31. The third-order valence-electron chi connectivity index (χ3n) is 3.11. The topological polar surface area (TPSA) is 72.6 Å². The number of imide groups is 1. The van der Waals surface area contributed by atoms with Crippen LogP contribution in [-0.2, 0) is 9.59 Å². The molecule has 6 heteroatoms. The molecule has 1 atom stereocenters. The summed E-state index contributed by atoms with van der Waals surface area (Å²) in [7, 11) is 1.56. The van der Waals surface area contributed by atoms with E-state index in [1.54, 1.807) is 19.2 Å². The predicted octanol–water partition coefficient (Wildman–Crippen LogP) is 1.91. The number of thioether (sulfide) groups is 1. The molecule has 20 heavy (non-hydrogen) atoms. The molecule has 2 amide bonds. The monoisotopic (exact) mass is 294 g/mol. The first-order chi connectivity index (χ1) is 9.56. The zero-order valence-corrected chi connectivity index (χ0v) is 12.4. The summed E-state index contributed by atoms with van der Waals surface area (Å²) in [6.07, 6.45) is 1.02. The van der Waals surface area contributed by atoms with Crippen LogP contribution in [0.15, 0.2) is 23.1 Å². The van der Waals surface area contributed by atoms with Crippen LogP contribution in [0.5, 0.6) is 5.75 Å². The largest absolute Gasteiger partial charge is 0.496 e. The van der Waals surface area contributed by atoms with E-state index in [4.69, 9.17) is 10.5 Å². The molecule has 0 spiro atoms. The standard InChI is InChI=1S/C14H18N2O3S/c1-3-6-16-13(17)8-12(14(16)18)20-11-5-4-9(15)7-10(11)19-2/h4-5,7,12H,3,6,8,15H2,1-2H3. The van der Waals surface area contributed by atoms with Crippen molar-refractivity contribution in [2.45, 2.75) is 29.9 Å². The van der Waals surface area contributed by atoms with Crippen LogP contribution in [0.4, 0.5) is 5.69 Å². The van der Waals surface area contributed by atoms with Crippen molar-refractivity contribution >= 4 is 29.3 Å². The minimum atomic E-state index is -0.369. The van der Waals surface area contributed by atoms with Gasteiger partial charge in [-0.25, -0.2) is 0 Å². The maximum atomic E-state index is 12.2. The summed E-state index contributed by atoms with van der Waals surface area (Å²) in [6, 6.07) is 5.29. The number of nitrogen functional groups attached to an aromatic ring is 1. The summed E-state index contributed by atoms with van der Waals surface area (Å²) >= 11 is 1.36. The van der Waals surface area contributed by atoms with E-state index < -0.39 is 0 Å². The van der Waals surface area contributed by atoms with Crippen molar-refractivity contribution in [3.63, 3.8) is 0 Å². The van der Waals surface area contributed by atoms with Crippen molar-refractivity contribution in [3.05, 3.63) is 18.2 Å². The van der Waals surface area contributed by atoms with E-state index in [0.717, 1.165) is 11.3 Å². The highest BCUT2D eigenvalue weighted by Crippen LogP contribution is 2.37. The smallest absolute Gasteiger partial charge is 0.243 e. The number of benzene rings is 1. The van der Waals surface area contributed by atoms with E-state index in [1.165, 1.54) is 16.7 Å². The molecule has 0 aliphatic carbocycles. The molecule has 1 saturated heterocycles. The number of rotatable bonds is 5. The zero-order valence-electron chi connectivity index (χ0n) is 11.6. The highest BCUT2D eigenvalue weighted by atomic mass is 32.2. The van der Waals surface area contributed by atoms with Crippen LogP contribution in [0, 0.1) is 0 Å². The number of carbonyl (C=O) groups excluding carboxylic acids is 2. The molecule has 0 saturated carbocycles. The lowest BCUT2D eigenvalue weighted by Gasteiger charge is -2.14. The predicted molar refractivity (Wildman–Crippen MR) is 78.7 cm³/mol. The van der Waals surface area contributed by atoms with Crippen LogP contribution in [0.2, 0.25) is 0 Å². The van der Waals surface area contributed by atoms with Gasteiger partial charge >= 0.3 is 0 Å². The quantitative estimate of drug-likeness (QED) is 0.663. The van der Waals surface area contributed by atoms with Gasteiger partial charge in [-0.3, -0.25) is 14.5 Å². The molecule has 2 N–H and O–H groups in total. The van der Waals surface area contributed by atoms with Gasteiger partial charge in [0.05, 0.1) is 17.3 Å². The van der Waals surface area contributed by atoms with Crippen LogP contribution >= 0.6 is 11.8 Å². The Labute approximate surface area is 122 Å². The number of ether oxygens (including phenoxy) is 1. The van der Waals surface area contributed by atoms with Gasteiger partial charge in [-0.05, 0) is 18.6 Å². The SMILES string of the molecule is CCCN1C(=O)CC(Sc2ccc(N)cc2OC)C1=O. The molecule has 1 aliphatic heterocycles. The van der Waals surface area contributed by atoms with Crippen LogP contribution in [0.3, 0.4) is 0 Å². The van der Waals surface area contributed by atoms with Crippen LogP contribution in [0.1, 0.15) is 19.8 Å². The van der Waals surface area contributed by atoms with Crippen LogP contribution < -0.4 is 10.5 Å². The summed E-state index contributed by atoms with van der Waals surface area (Å²) in [5.74, 6) is 0.425. The molecule has 1 aliphatic rings. The van der Waals surface area contributed by atoms with Crippen molar-refractivity contribution in [1.29, 1.82) is 0 Å². The first-order valence-corrected chi connectivity index (χ1v) is 7.39. The van der Waals surface area contributed by atoms with E-state index in [2.05, 4.69) is 0 Å². The van der Waals surface area contributed by atoms with Crippen molar-refractivity contribution in [1.82, 2.24) is 4.90 Å². The van der Waals surface area contributed by atoms with Crippen molar-refractivity contribution in [3.8, 4) is 5.75 Å². The number of methoxy groups -OCH3 is 1. The van der Waals surface area contributed by atoms with Crippen molar-refractivity contribution in [2.24, 2.45) is 0 Å². The maximum absolute atomic E-state index is 12.2. The second kappa shape index (κ2) is 6.17. The Balaban J connectivity index is 2.15. The van der Waals surface area contributed by atoms with Gasteiger partial charge < -0.3 is 10.5 Å². The van der Waals surface area contributed by atoms with Crippen LogP contribution in [0.25, 0.3) is 0 Å². The lowest BCUT2D eigenvalue weighted by Crippen LogP contribution is -2.31. The fourth-order valence-electron chi connectivity index (χ4n) is 2.14. The number of amides is 2. The Bertz CT molecular complexity index is 533. The van der Waals surface area contributed by atoms with E-state index >= 15 is 0 Å². The molecule has 0 bridgehead atoms. The molecule has 0 aromatic heterocycles. The number of anilines is 1. The third kappa shape index (κ3) is 2.90. The van der Waals surface area contributed by atoms with Gasteiger partial charge in [0.2, 0.25) is 11.8 Å². The van der Waals surface area contributed by atoms with E-state index in [0.29, 0.717) is 18.0 Å². The molecule has 108 valence electrons. The Morgan fingerprint density at radius 1 is 1.45 bits per heavy atom. The second-order valence-corrected chi connectivity index (χ2v) is 5.85. The first-order valence-electron chi connectivity index (χ1n) is 6.51. The van der Waals surface area contributed by atoms with E-state index in [1.807, 2.05) is 13.0 Å². The number of nitrogens with zero attached hydrogens (tertiary/aromatic N) is 1. The Kier molecular flexibility index (Phi) is 4.54. The Morgan fingerprint density at radius 3 is 2.85 bits per heavy atom. The third-order valence-corrected chi connectivity index (χ3v) is 4.35. The number of carbonyl (C=O) groups is 2. The molecule has 0 radical (unpaired) electrons. The molecular formula is C14H18N2O3S. The Morgan fingerprint density at radius 2 is 2.20 bits per heavy atom. The number of nitrogens with two attached hydrogens (primary N) is 1. The molecule has 1 heterocycles. The molecule has 1 aromatic carbocycles. The summed E-state index contributed by atoms with van der Waals surface area (Å²) in [5, 5.41) is -0.369. The van der Waals surface area contributed by atoms with Gasteiger partial charge in [0.1, 0.15) is 5.75 Å². The average Bonchev–Trinajstić information content (AvgIpc) is 2.69. The second-order valence-electron chi connectivity index (χ2n) is 4.60. The van der Waals surface area contributed by atoms with Gasteiger partial charge in [0.25, 0.3) is 0 Å². The Hall–Kier alpha value is -1.69. The molecular weight excluding hydrogens is 276 g/mol. The maximum Gasteiger partial charge on any atom is 0.243 e. The van der Waals surface area contributed by atoms with Gasteiger partial charge in [-0.15, -0.1) is 11.8 Å². The minimum absolute atomic E-state index is 0.0937. The first kappa shape index (κ1) is 14.7. The number of hydrogen-bond acceptors (Lipinski definition) is 5. The van der Waals surface area contributed by atoms with Crippen molar-refractivity contribution in [2.75, 3.05) is 19.4 Å². The summed E-state index contributed by atoms with van der Waals surface area (Å²) < 4.78 is 5.26. The number of likely N-dealkylation sites (tertiary alicyclic amines) is 1. The normalized spacial score (nSPS) is 18.7. The molecule has 1 fully saturated rings. The minimum Gasteiger partial charge on any atom is -0.496 e. The summed E-state index contributed by atoms with van der Waals surface area (Å²) in [6.45, 7) is 2.44. The number of hydrogen-bond donors (Lipinski definition) is 1. The fourth-order valence-corrected chi connectivity index (χ4v) is 3.30. The lowest BCUT2D eigenvalue weighted by molar-refractivity contribution is -0.138. The van der Waals surface area contributed by atoms with Gasteiger partial charge in [-0.1, -0.05) is 6.92 Å². The molecule has 1 unspecified atom stereocenters. The van der Waals surface area contributed by atoms with Gasteiger partial charge in [-0.2, -0.15) is 0 Å². The van der Waals surface area contributed by atoms with Gasteiger partial charge in [0, 0.05) is 24.7 Å². The fraction of sp³-hybridized carbons (Fsp3) is 0.429. The molecule has 2 rings (SSSR count). The summed E-state index contributed by atoms with van der Waals surface area (Å²) in [4.78, 5) is 26.2. The average molecular weight is 294 g/mol. The molecule has 5 nitrogen and oxygen atoms in total. The van der Waals surface area contributed by atoms with Crippen LogP contribution in [-0.4, -0.2) is 35.6 Å². The zero-order chi connectivity index (χ0) is 14.7. The van der Waals surface area contributed by atoms with E-state index in [-0.39, 0.29) is 23.5 Å². The lowest BCUT2D eigenvalue weighted by atomic mass is 10.3. The highest BCUT2D eigenvalue weighted by molar-refractivity contribution is 8.00. The van der Waals surface area contributed by atoms with E-state index in [9.17, 15) is 9.59 Å². The van der Waals surface area contributed by atoms with Crippen molar-refractivity contribution < 1.29 is 14.3 Å².